The molecule has 0 aromatic heterocycles. The van der Waals surface area contributed by atoms with Gasteiger partial charge in [-0.2, -0.15) is 0 Å². The number of anilines is 1. The molecule has 1 aromatic rings. The molecule has 0 unspecified atom stereocenters. The molecule has 0 N–H and O–H groups in total. The van der Waals surface area contributed by atoms with Crippen LogP contribution in [0, 0.1) is 0 Å². The van der Waals surface area contributed by atoms with Gasteiger partial charge in [-0.3, -0.25) is 9.59 Å². The summed E-state index contributed by atoms with van der Waals surface area (Å²) in [5.74, 6) is -1.54. The minimum Gasteiger partial charge on any atom is -0.449 e. The maximum Gasteiger partial charge on any atom is 0.421 e. The van der Waals surface area contributed by atoms with Crippen molar-refractivity contribution in [2.75, 3.05) is 11.5 Å². The van der Waals surface area contributed by atoms with Gasteiger partial charge in [0.1, 0.15) is 0 Å². The Morgan fingerprint density at radius 1 is 1.31 bits per heavy atom. The zero-order valence-corrected chi connectivity index (χ0v) is 8.60. The van der Waals surface area contributed by atoms with Crippen molar-refractivity contribution in [3.8, 4) is 0 Å². The summed E-state index contributed by atoms with van der Waals surface area (Å²) < 4.78 is 4.72. The molecular weight excluding hydrogens is 210 g/mol. The van der Waals surface area contributed by atoms with Crippen LogP contribution in [-0.4, -0.2) is 24.4 Å². The number of Topliss-reactive ketones (excluding diaryl/α,β-unsaturated/α-hetero) is 1. The van der Waals surface area contributed by atoms with E-state index < -0.39 is 17.8 Å². The molecule has 1 aliphatic rings. The third-order valence-corrected chi connectivity index (χ3v) is 2.24. The number of rotatable bonds is 1. The van der Waals surface area contributed by atoms with Crippen LogP contribution in [0.4, 0.5) is 10.5 Å². The molecule has 0 bridgehead atoms. The van der Waals surface area contributed by atoms with Crippen molar-refractivity contribution in [1.29, 1.82) is 0 Å². The van der Waals surface area contributed by atoms with E-state index in [0.29, 0.717) is 0 Å². The fraction of sp³-hybridized carbons (Fsp3) is 0.182. The number of para-hydroxylation sites is 1. The van der Waals surface area contributed by atoms with Gasteiger partial charge in [-0.1, -0.05) is 12.1 Å². The van der Waals surface area contributed by atoms with Crippen LogP contribution >= 0.6 is 0 Å². The number of ether oxygens (including phenoxy) is 1. The van der Waals surface area contributed by atoms with Crippen LogP contribution in [0.3, 0.4) is 0 Å². The van der Waals surface area contributed by atoms with E-state index in [0.717, 1.165) is 4.90 Å². The minimum absolute atomic E-state index is 0.152. The molecule has 0 saturated heterocycles. The largest absolute Gasteiger partial charge is 0.449 e. The monoisotopic (exact) mass is 219 g/mol. The molecule has 2 rings (SSSR count). The first-order valence-corrected chi connectivity index (χ1v) is 4.81. The van der Waals surface area contributed by atoms with Gasteiger partial charge < -0.3 is 4.74 Å². The average Bonchev–Trinajstić information content (AvgIpc) is 2.53. The highest BCUT2D eigenvalue weighted by Crippen LogP contribution is 2.28. The van der Waals surface area contributed by atoms with Crippen LogP contribution in [0.5, 0.6) is 0 Å². The second-order valence-corrected chi connectivity index (χ2v) is 3.19. The number of imide groups is 1. The van der Waals surface area contributed by atoms with Crippen molar-refractivity contribution in [2.45, 2.75) is 6.92 Å². The van der Waals surface area contributed by atoms with Gasteiger partial charge >= 0.3 is 12.0 Å². The molecule has 0 aliphatic carbocycles. The number of amides is 2. The molecule has 5 heteroatoms. The van der Waals surface area contributed by atoms with Crippen LogP contribution in [-0.2, 0) is 9.53 Å². The lowest BCUT2D eigenvalue weighted by Crippen LogP contribution is -2.36. The van der Waals surface area contributed by atoms with Crippen molar-refractivity contribution >= 4 is 23.5 Å². The van der Waals surface area contributed by atoms with E-state index >= 15 is 0 Å². The molecule has 0 atom stereocenters. The molecule has 0 radical (unpaired) electrons. The van der Waals surface area contributed by atoms with E-state index in [9.17, 15) is 14.4 Å². The first kappa shape index (κ1) is 10.4. The van der Waals surface area contributed by atoms with E-state index in [1.807, 2.05) is 0 Å². The van der Waals surface area contributed by atoms with Crippen molar-refractivity contribution in [3.63, 3.8) is 0 Å². The highest BCUT2D eigenvalue weighted by Gasteiger charge is 2.40. The molecule has 1 aliphatic heterocycles. The molecule has 82 valence electrons. The summed E-state index contributed by atoms with van der Waals surface area (Å²) >= 11 is 0. The highest BCUT2D eigenvalue weighted by molar-refractivity contribution is 6.55. The van der Waals surface area contributed by atoms with Crippen molar-refractivity contribution in [1.82, 2.24) is 0 Å². The van der Waals surface area contributed by atoms with Gasteiger partial charge in [-0.05, 0) is 19.1 Å². The summed E-state index contributed by atoms with van der Waals surface area (Å²) in [7, 11) is 0. The van der Waals surface area contributed by atoms with Crippen LogP contribution in [0.15, 0.2) is 24.3 Å². The van der Waals surface area contributed by atoms with E-state index in [1.54, 1.807) is 19.1 Å². The Hall–Kier alpha value is -2.17. The molecule has 2 amide bonds. The topological polar surface area (TPSA) is 63.7 Å². The van der Waals surface area contributed by atoms with E-state index in [2.05, 4.69) is 0 Å². The summed E-state index contributed by atoms with van der Waals surface area (Å²) in [5, 5.41) is 0. The fourth-order valence-electron chi connectivity index (χ4n) is 1.56. The Morgan fingerprint density at radius 3 is 2.69 bits per heavy atom. The van der Waals surface area contributed by atoms with Crippen molar-refractivity contribution in [3.05, 3.63) is 29.8 Å². The molecule has 0 spiro atoms. The van der Waals surface area contributed by atoms with Crippen molar-refractivity contribution < 1.29 is 19.1 Å². The molecule has 1 aromatic carbocycles. The second-order valence-electron chi connectivity index (χ2n) is 3.19. The van der Waals surface area contributed by atoms with Gasteiger partial charge in [0, 0.05) is 0 Å². The Kier molecular flexibility index (Phi) is 2.44. The second kappa shape index (κ2) is 3.77. The van der Waals surface area contributed by atoms with Crippen LogP contribution in [0.25, 0.3) is 0 Å². The average molecular weight is 219 g/mol. The first-order valence-electron chi connectivity index (χ1n) is 4.81. The van der Waals surface area contributed by atoms with Crippen molar-refractivity contribution in [2.24, 2.45) is 0 Å². The number of carbonyl (C=O) groups excluding carboxylic acids is 3. The molecule has 16 heavy (non-hydrogen) atoms. The predicted molar refractivity (Wildman–Crippen MR) is 55.3 cm³/mol. The summed E-state index contributed by atoms with van der Waals surface area (Å²) in [6.07, 6.45) is -0.814. The summed E-state index contributed by atoms with van der Waals surface area (Å²) in [5.41, 5.74) is 0.525. The number of hydrogen-bond acceptors (Lipinski definition) is 4. The predicted octanol–water partition coefficient (Wildman–Crippen LogP) is 1.37. The number of carbonyl (C=O) groups is 3. The Labute approximate surface area is 91.6 Å². The molecule has 1 heterocycles. The molecule has 5 nitrogen and oxygen atoms in total. The number of nitrogens with zero attached hydrogens (tertiary/aromatic N) is 1. The summed E-state index contributed by atoms with van der Waals surface area (Å²) in [6.45, 7) is 1.78. The third-order valence-electron chi connectivity index (χ3n) is 2.24. The standard InChI is InChI=1S/C11H9NO4/c1-2-16-11(15)12-8-6-4-3-5-7(8)9(13)10(12)14/h3-6H,2H2,1H3. The quantitative estimate of drug-likeness (QED) is 0.669. The molecule has 0 saturated carbocycles. The van der Waals surface area contributed by atoms with Crippen LogP contribution in [0.1, 0.15) is 17.3 Å². The number of ketones is 1. The highest BCUT2D eigenvalue weighted by atomic mass is 16.6. The van der Waals surface area contributed by atoms with Crippen LogP contribution < -0.4 is 4.90 Å². The smallest absolute Gasteiger partial charge is 0.421 e. The Morgan fingerprint density at radius 2 is 2.00 bits per heavy atom. The summed E-state index contributed by atoms with van der Waals surface area (Å²) in [6, 6.07) is 6.33. The lowest BCUT2D eigenvalue weighted by Gasteiger charge is -2.13. The molecular formula is C11H9NO4. The van der Waals surface area contributed by atoms with Gasteiger partial charge in [-0.15, -0.1) is 0 Å². The van der Waals surface area contributed by atoms with E-state index in [1.165, 1.54) is 12.1 Å². The Balaban J connectivity index is 2.45. The van der Waals surface area contributed by atoms with E-state index in [4.69, 9.17) is 4.74 Å². The SMILES string of the molecule is CCOC(=O)N1C(=O)C(=O)c2ccccc21. The van der Waals surface area contributed by atoms with Gasteiger partial charge in [0.05, 0.1) is 17.9 Å². The first-order chi connectivity index (χ1) is 7.66. The number of fused-ring (bicyclic) bond motifs is 1. The van der Waals surface area contributed by atoms with E-state index in [-0.39, 0.29) is 17.9 Å². The maximum atomic E-state index is 11.6. The van der Waals surface area contributed by atoms with Crippen LogP contribution in [0.2, 0.25) is 0 Å². The number of benzene rings is 1. The zero-order chi connectivity index (χ0) is 11.7. The molecule has 0 fully saturated rings. The van der Waals surface area contributed by atoms with Gasteiger partial charge in [0.25, 0.3) is 5.78 Å². The summed E-state index contributed by atoms with van der Waals surface area (Å²) in [4.78, 5) is 35.3. The fourth-order valence-corrected chi connectivity index (χ4v) is 1.56. The third kappa shape index (κ3) is 1.37. The van der Waals surface area contributed by atoms with Gasteiger partial charge in [0.15, 0.2) is 0 Å². The zero-order valence-electron chi connectivity index (χ0n) is 8.60. The lowest BCUT2D eigenvalue weighted by molar-refractivity contribution is -0.113. The Bertz CT molecular complexity index is 481. The lowest BCUT2D eigenvalue weighted by atomic mass is 10.1. The van der Waals surface area contributed by atoms with Gasteiger partial charge in [0.2, 0.25) is 0 Å². The number of hydrogen-bond donors (Lipinski definition) is 0. The van der Waals surface area contributed by atoms with Gasteiger partial charge in [-0.25, -0.2) is 9.69 Å². The minimum atomic E-state index is -0.861. The maximum absolute atomic E-state index is 11.6. The normalized spacial score (nSPS) is 13.9.